The van der Waals surface area contributed by atoms with Crippen LogP contribution in [0, 0.1) is 0 Å². The second kappa shape index (κ2) is 10.7. The minimum atomic E-state index is -0.202. The van der Waals surface area contributed by atoms with Crippen LogP contribution in [0.4, 0.5) is 0 Å². The molecule has 2 N–H and O–H groups in total. The molecule has 156 valence electrons. The zero-order valence-electron chi connectivity index (χ0n) is 17.3. The Morgan fingerprint density at radius 2 is 1.79 bits per heavy atom. The van der Waals surface area contributed by atoms with Gasteiger partial charge in [0.1, 0.15) is 0 Å². The van der Waals surface area contributed by atoms with Gasteiger partial charge >= 0.3 is 0 Å². The van der Waals surface area contributed by atoms with Gasteiger partial charge in [-0.05, 0) is 24.1 Å². The summed E-state index contributed by atoms with van der Waals surface area (Å²) in [6, 6.07) is 14.6. The first kappa shape index (κ1) is 20.9. The second-order valence-corrected chi connectivity index (χ2v) is 7.06. The van der Waals surface area contributed by atoms with E-state index in [4.69, 9.17) is 4.42 Å². The standard InChI is InChI=1S/C22H31N5O2/c1-3-19(18-8-5-4-6-9-18)26-13-15-27(16-14-26)22(23-2)25-12-11-24-21(28)20-10-7-17-29-20/h4-10,17,19H,3,11-16H2,1-2H3,(H,23,25)(H,24,28). The van der Waals surface area contributed by atoms with Crippen LogP contribution in [0.3, 0.4) is 0 Å². The molecule has 1 aromatic carbocycles. The number of amides is 1. The highest BCUT2D eigenvalue weighted by Crippen LogP contribution is 2.25. The lowest BCUT2D eigenvalue weighted by Gasteiger charge is -2.40. The fourth-order valence-electron chi connectivity index (χ4n) is 3.80. The number of hydrogen-bond acceptors (Lipinski definition) is 4. The first-order valence-electron chi connectivity index (χ1n) is 10.3. The number of nitrogens with one attached hydrogen (secondary N) is 2. The molecule has 3 rings (SSSR count). The van der Waals surface area contributed by atoms with E-state index in [0.29, 0.717) is 24.9 Å². The van der Waals surface area contributed by atoms with Crippen LogP contribution < -0.4 is 10.6 Å². The van der Waals surface area contributed by atoms with Crippen molar-refractivity contribution in [2.24, 2.45) is 4.99 Å². The van der Waals surface area contributed by atoms with Gasteiger partial charge in [0, 0.05) is 52.4 Å². The van der Waals surface area contributed by atoms with Crippen molar-refractivity contribution in [3.8, 4) is 0 Å². The highest BCUT2D eigenvalue weighted by atomic mass is 16.3. The SMILES string of the molecule is CCC(c1ccccc1)N1CCN(C(=NC)NCCNC(=O)c2ccco2)CC1. The van der Waals surface area contributed by atoms with Crippen LogP contribution in [-0.4, -0.2) is 68.0 Å². The molecule has 29 heavy (non-hydrogen) atoms. The maximum Gasteiger partial charge on any atom is 0.287 e. The number of benzene rings is 1. The Labute approximate surface area is 172 Å². The van der Waals surface area contributed by atoms with E-state index in [0.717, 1.165) is 38.6 Å². The molecule has 1 saturated heterocycles. The van der Waals surface area contributed by atoms with Crippen molar-refractivity contribution in [3.63, 3.8) is 0 Å². The molecule has 0 radical (unpaired) electrons. The normalized spacial score (nSPS) is 16.5. The van der Waals surface area contributed by atoms with E-state index in [1.807, 2.05) is 0 Å². The van der Waals surface area contributed by atoms with Gasteiger partial charge in [-0.3, -0.25) is 14.7 Å². The van der Waals surface area contributed by atoms with E-state index in [9.17, 15) is 4.79 Å². The van der Waals surface area contributed by atoms with Crippen LogP contribution >= 0.6 is 0 Å². The maximum absolute atomic E-state index is 11.9. The molecule has 0 bridgehead atoms. The number of guanidine groups is 1. The molecule has 0 spiro atoms. The van der Waals surface area contributed by atoms with E-state index < -0.39 is 0 Å². The maximum atomic E-state index is 11.9. The first-order valence-corrected chi connectivity index (χ1v) is 10.3. The molecule has 7 nitrogen and oxygen atoms in total. The largest absolute Gasteiger partial charge is 0.459 e. The predicted octanol–water partition coefficient (Wildman–Crippen LogP) is 2.35. The van der Waals surface area contributed by atoms with Crippen molar-refractivity contribution in [1.29, 1.82) is 0 Å². The monoisotopic (exact) mass is 397 g/mol. The summed E-state index contributed by atoms with van der Waals surface area (Å²) < 4.78 is 5.09. The Morgan fingerprint density at radius 3 is 2.41 bits per heavy atom. The summed E-state index contributed by atoms with van der Waals surface area (Å²) in [6.45, 7) is 7.24. The van der Waals surface area contributed by atoms with Crippen LogP contribution in [0.2, 0.25) is 0 Å². The molecular formula is C22H31N5O2. The number of hydrogen-bond donors (Lipinski definition) is 2. The van der Waals surface area contributed by atoms with Crippen LogP contribution in [0.25, 0.3) is 0 Å². The Bertz CT molecular complexity index is 768. The summed E-state index contributed by atoms with van der Waals surface area (Å²) in [5.41, 5.74) is 1.39. The smallest absolute Gasteiger partial charge is 0.287 e. The van der Waals surface area contributed by atoms with Gasteiger partial charge in [0.2, 0.25) is 0 Å². The van der Waals surface area contributed by atoms with Crippen LogP contribution in [0.15, 0.2) is 58.1 Å². The quantitative estimate of drug-likeness (QED) is 0.426. The summed E-state index contributed by atoms with van der Waals surface area (Å²) >= 11 is 0. The minimum absolute atomic E-state index is 0.202. The summed E-state index contributed by atoms with van der Waals surface area (Å²) in [6.07, 6.45) is 2.60. The Kier molecular flexibility index (Phi) is 7.69. The molecule has 0 aliphatic carbocycles. The Balaban J connectivity index is 1.43. The summed E-state index contributed by atoms with van der Waals surface area (Å²) in [4.78, 5) is 21.1. The van der Waals surface area contributed by atoms with E-state index in [-0.39, 0.29) is 5.91 Å². The zero-order valence-corrected chi connectivity index (χ0v) is 17.3. The third-order valence-corrected chi connectivity index (χ3v) is 5.28. The number of rotatable bonds is 7. The van der Waals surface area contributed by atoms with Gasteiger partial charge in [-0.25, -0.2) is 0 Å². The van der Waals surface area contributed by atoms with Gasteiger partial charge in [0.05, 0.1) is 6.26 Å². The van der Waals surface area contributed by atoms with Crippen molar-refractivity contribution in [3.05, 3.63) is 60.1 Å². The summed E-state index contributed by atoms with van der Waals surface area (Å²) in [5.74, 6) is 1.01. The zero-order chi connectivity index (χ0) is 20.5. The number of furan rings is 1. The molecule has 1 fully saturated rings. The molecule has 1 unspecified atom stereocenters. The first-order chi connectivity index (χ1) is 14.2. The molecule has 1 atom stereocenters. The molecule has 2 aromatic rings. The van der Waals surface area contributed by atoms with Crippen LogP contribution in [-0.2, 0) is 0 Å². The number of carbonyl (C=O) groups excluding carboxylic acids is 1. The van der Waals surface area contributed by atoms with Gasteiger partial charge in [0.25, 0.3) is 5.91 Å². The van der Waals surface area contributed by atoms with Crippen molar-refractivity contribution in [1.82, 2.24) is 20.4 Å². The highest BCUT2D eigenvalue weighted by Gasteiger charge is 2.25. The fourth-order valence-corrected chi connectivity index (χ4v) is 3.80. The average molecular weight is 398 g/mol. The van der Waals surface area contributed by atoms with E-state index in [1.54, 1.807) is 19.2 Å². The molecule has 1 amide bonds. The molecule has 2 heterocycles. The third kappa shape index (κ3) is 5.60. The third-order valence-electron chi connectivity index (χ3n) is 5.28. The Hall–Kier alpha value is -2.80. The fraction of sp³-hybridized carbons (Fsp3) is 0.455. The lowest BCUT2D eigenvalue weighted by molar-refractivity contribution is 0.0926. The number of piperazine rings is 1. The summed E-state index contributed by atoms with van der Waals surface area (Å²) in [7, 11) is 1.80. The topological polar surface area (TPSA) is 73.1 Å². The molecular weight excluding hydrogens is 366 g/mol. The number of nitrogens with zero attached hydrogens (tertiary/aromatic N) is 3. The van der Waals surface area contributed by atoms with Gasteiger partial charge in [-0.2, -0.15) is 0 Å². The molecule has 1 aromatic heterocycles. The lowest BCUT2D eigenvalue weighted by atomic mass is 10.0. The number of aliphatic imine (C=N–C) groups is 1. The summed E-state index contributed by atoms with van der Waals surface area (Å²) in [5, 5.41) is 6.18. The predicted molar refractivity (Wildman–Crippen MR) is 115 cm³/mol. The lowest BCUT2D eigenvalue weighted by Crippen LogP contribution is -2.53. The van der Waals surface area contributed by atoms with Crippen LogP contribution in [0.1, 0.15) is 35.5 Å². The average Bonchev–Trinajstić information content (AvgIpc) is 3.31. The molecule has 1 aliphatic rings. The van der Waals surface area contributed by atoms with Crippen molar-refractivity contribution < 1.29 is 9.21 Å². The Morgan fingerprint density at radius 1 is 1.07 bits per heavy atom. The van der Waals surface area contributed by atoms with Gasteiger partial charge in [-0.1, -0.05) is 37.3 Å². The molecule has 0 saturated carbocycles. The van der Waals surface area contributed by atoms with Crippen molar-refractivity contribution in [2.45, 2.75) is 19.4 Å². The van der Waals surface area contributed by atoms with Crippen molar-refractivity contribution in [2.75, 3.05) is 46.3 Å². The van der Waals surface area contributed by atoms with Gasteiger partial charge in [-0.15, -0.1) is 0 Å². The molecule has 7 heteroatoms. The van der Waals surface area contributed by atoms with Gasteiger partial charge < -0.3 is 20.0 Å². The van der Waals surface area contributed by atoms with E-state index >= 15 is 0 Å². The van der Waals surface area contributed by atoms with Gasteiger partial charge in [0.15, 0.2) is 11.7 Å². The van der Waals surface area contributed by atoms with Crippen molar-refractivity contribution >= 4 is 11.9 Å². The minimum Gasteiger partial charge on any atom is -0.459 e. The van der Waals surface area contributed by atoms with E-state index in [2.05, 4.69) is 62.7 Å². The van der Waals surface area contributed by atoms with Crippen LogP contribution in [0.5, 0.6) is 0 Å². The van der Waals surface area contributed by atoms with E-state index in [1.165, 1.54) is 11.8 Å². The molecule has 1 aliphatic heterocycles. The number of carbonyl (C=O) groups is 1. The highest BCUT2D eigenvalue weighted by molar-refractivity contribution is 5.91. The second-order valence-electron chi connectivity index (χ2n) is 7.06.